The van der Waals surface area contributed by atoms with Gasteiger partial charge in [0, 0.05) is 0 Å². The van der Waals surface area contributed by atoms with Crippen molar-refractivity contribution in [3.63, 3.8) is 0 Å². The van der Waals surface area contributed by atoms with Gasteiger partial charge in [0.05, 0.1) is 4.91 Å². The molecule has 1 aromatic carbocycles. The lowest BCUT2D eigenvalue weighted by molar-refractivity contribution is -0.113. The molecule has 92 valence electrons. The predicted molar refractivity (Wildman–Crippen MR) is 67.3 cm³/mol. The Labute approximate surface area is 106 Å². The molecule has 1 aromatic rings. The molecule has 0 bridgehead atoms. The number of hydrogen-bond donors (Lipinski definition) is 3. The van der Waals surface area contributed by atoms with Gasteiger partial charge in [0.15, 0.2) is 5.17 Å². The monoisotopic (exact) mass is 264 g/mol. The van der Waals surface area contributed by atoms with Crippen LogP contribution in [-0.2, 0) is 4.79 Å². The molecule has 7 heteroatoms. The Balaban J connectivity index is 2.37. The van der Waals surface area contributed by atoms with Crippen molar-refractivity contribution in [3.05, 3.63) is 34.2 Å². The van der Waals surface area contributed by atoms with E-state index in [4.69, 9.17) is 10.8 Å². The first-order valence-corrected chi connectivity index (χ1v) is 5.63. The number of aliphatic imine (C=N–C) groups is 1. The van der Waals surface area contributed by atoms with Gasteiger partial charge in [0.25, 0.3) is 5.91 Å². The molecule has 0 radical (unpaired) electrons. The minimum atomic E-state index is -1.24. The second kappa shape index (κ2) is 4.53. The maximum absolute atomic E-state index is 11.4. The smallest absolute Gasteiger partial charge is 0.339 e. The van der Waals surface area contributed by atoms with E-state index in [1.165, 1.54) is 24.3 Å². The Bertz CT molecular complexity index is 607. The number of aromatic carboxylic acids is 1. The molecule has 0 unspecified atom stereocenters. The summed E-state index contributed by atoms with van der Waals surface area (Å²) in [7, 11) is 0. The second-order valence-corrected chi connectivity index (χ2v) is 4.51. The van der Waals surface area contributed by atoms with E-state index < -0.39 is 11.9 Å². The van der Waals surface area contributed by atoms with Gasteiger partial charge in [-0.25, -0.2) is 4.79 Å². The van der Waals surface area contributed by atoms with E-state index >= 15 is 0 Å². The maximum Gasteiger partial charge on any atom is 0.339 e. The number of carboxylic acids is 1. The third-order valence-electron chi connectivity index (χ3n) is 2.19. The van der Waals surface area contributed by atoms with Gasteiger partial charge in [0.1, 0.15) is 11.3 Å². The van der Waals surface area contributed by atoms with Gasteiger partial charge in [-0.3, -0.25) is 4.79 Å². The summed E-state index contributed by atoms with van der Waals surface area (Å²) in [5.41, 5.74) is 5.64. The fraction of sp³-hybridized carbons (Fsp3) is 0. The summed E-state index contributed by atoms with van der Waals surface area (Å²) >= 11 is 1.02. The van der Waals surface area contributed by atoms with Gasteiger partial charge in [-0.05, 0) is 35.5 Å². The largest absolute Gasteiger partial charge is 0.507 e. The molecule has 2 rings (SSSR count). The molecule has 4 N–H and O–H groups in total. The van der Waals surface area contributed by atoms with Crippen LogP contribution >= 0.6 is 11.8 Å². The van der Waals surface area contributed by atoms with Gasteiger partial charge in [0.2, 0.25) is 0 Å². The summed E-state index contributed by atoms with van der Waals surface area (Å²) in [6.07, 6.45) is 1.47. The number of thioether (sulfide) groups is 1. The van der Waals surface area contributed by atoms with Crippen LogP contribution in [0.25, 0.3) is 6.08 Å². The Kier molecular flexibility index (Phi) is 3.07. The van der Waals surface area contributed by atoms with Crippen molar-refractivity contribution in [3.8, 4) is 5.75 Å². The second-order valence-electron chi connectivity index (χ2n) is 3.45. The summed E-state index contributed by atoms with van der Waals surface area (Å²) in [6, 6.07) is 4.02. The molecular formula is C11H8N2O4S. The number of carboxylic acid groups (broad SMARTS) is 1. The van der Waals surface area contributed by atoms with Gasteiger partial charge < -0.3 is 15.9 Å². The van der Waals surface area contributed by atoms with Gasteiger partial charge in [-0.15, -0.1) is 0 Å². The highest BCUT2D eigenvalue weighted by Crippen LogP contribution is 2.27. The summed E-state index contributed by atoms with van der Waals surface area (Å²) in [5.74, 6) is -2.03. The zero-order valence-electron chi connectivity index (χ0n) is 8.95. The molecule has 0 spiro atoms. The zero-order chi connectivity index (χ0) is 13.3. The highest BCUT2D eigenvalue weighted by atomic mass is 32.2. The number of nitrogens with zero attached hydrogens (tertiary/aromatic N) is 1. The van der Waals surface area contributed by atoms with Crippen LogP contribution in [0.5, 0.6) is 5.75 Å². The van der Waals surface area contributed by atoms with Crippen molar-refractivity contribution >= 4 is 34.9 Å². The van der Waals surface area contributed by atoms with Crippen LogP contribution in [0.4, 0.5) is 0 Å². The van der Waals surface area contributed by atoms with Crippen molar-refractivity contribution in [2.75, 3.05) is 0 Å². The van der Waals surface area contributed by atoms with Crippen LogP contribution in [0, 0.1) is 0 Å². The summed E-state index contributed by atoms with van der Waals surface area (Å²) < 4.78 is 0. The van der Waals surface area contributed by atoms with Gasteiger partial charge in [-0.1, -0.05) is 6.07 Å². The van der Waals surface area contributed by atoms with Crippen LogP contribution in [0.3, 0.4) is 0 Å². The third-order valence-corrected chi connectivity index (χ3v) is 3.00. The van der Waals surface area contributed by atoms with E-state index in [2.05, 4.69) is 4.99 Å². The first kappa shape index (κ1) is 12.2. The zero-order valence-corrected chi connectivity index (χ0v) is 9.77. The molecule has 6 nitrogen and oxygen atoms in total. The molecule has 1 amide bonds. The summed E-state index contributed by atoms with van der Waals surface area (Å²) in [6.45, 7) is 0. The quantitative estimate of drug-likeness (QED) is 0.687. The number of carbonyl (C=O) groups is 2. The lowest BCUT2D eigenvalue weighted by Gasteiger charge is -2.01. The van der Waals surface area contributed by atoms with E-state index in [-0.39, 0.29) is 16.5 Å². The fourth-order valence-electron chi connectivity index (χ4n) is 1.39. The standard InChI is InChI=1S/C11H8N2O4S/c12-11-13-9(15)8(18-11)4-5-1-2-7(14)6(3-5)10(16)17/h1-4,14H,(H,16,17)(H2,12,13,15). The topological polar surface area (TPSA) is 113 Å². The molecule has 18 heavy (non-hydrogen) atoms. The molecule has 0 atom stereocenters. The average Bonchev–Trinajstić information content (AvgIpc) is 2.60. The first-order valence-electron chi connectivity index (χ1n) is 4.81. The van der Waals surface area contributed by atoms with Crippen molar-refractivity contribution < 1.29 is 19.8 Å². The summed E-state index contributed by atoms with van der Waals surface area (Å²) in [5, 5.41) is 18.3. The Morgan fingerprint density at radius 1 is 1.44 bits per heavy atom. The fourth-order valence-corrected chi connectivity index (χ4v) is 2.07. The molecule has 0 saturated heterocycles. The average molecular weight is 264 g/mol. The van der Waals surface area contributed by atoms with Crippen molar-refractivity contribution in [1.82, 2.24) is 0 Å². The minimum Gasteiger partial charge on any atom is -0.507 e. The third kappa shape index (κ3) is 2.35. The maximum atomic E-state index is 11.4. The van der Waals surface area contributed by atoms with Crippen LogP contribution in [0.15, 0.2) is 28.1 Å². The molecule has 0 aromatic heterocycles. The van der Waals surface area contributed by atoms with E-state index in [1.54, 1.807) is 0 Å². The highest BCUT2D eigenvalue weighted by Gasteiger charge is 2.19. The lowest BCUT2D eigenvalue weighted by Crippen LogP contribution is -2.01. The predicted octanol–water partition coefficient (Wildman–Crippen LogP) is 1.02. The Hall–Kier alpha value is -2.28. The molecular weight excluding hydrogens is 256 g/mol. The number of hydrogen-bond acceptors (Lipinski definition) is 5. The number of phenols is 1. The number of carbonyl (C=O) groups excluding carboxylic acids is 1. The van der Waals surface area contributed by atoms with E-state index in [0.717, 1.165) is 11.8 Å². The minimum absolute atomic E-state index is 0.156. The van der Waals surface area contributed by atoms with E-state index in [0.29, 0.717) is 10.5 Å². The Morgan fingerprint density at radius 2 is 2.17 bits per heavy atom. The van der Waals surface area contributed by atoms with Gasteiger partial charge in [-0.2, -0.15) is 4.99 Å². The van der Waals surface area contributed by atoms with Crippen molar-refractivity contribution in [2.45, 2.75) is 0 Å². The highest BCUT2D eigenvalue weighted by molar-refractivity contribution is 8.18. The number of rotatable bonds is 2. The first-order chi connectivity index (χ1) is 8.47. The van der Waals surface area contributed by atoms with Gasteiger partial charge >= 0.3 is 5.97 Å². The number of aromatic hydroxyl groups is 1. The van der Waals surface area contributed by atoms with Crippen LogP contribution in [0.2, 0.25) is 0 Å². The number of amides is 1. The number of nitrogens with two attached hydrogens (primary N) is 1. The Morgan fingerprint density at radius 3 is 2.72 bits per heavy atom. The lowest BCUT2D eigenvalue weighted by atomic mass is 10.1. The summed E-state index contributed by atoms with van der Waals surface area (Å²) in [4.78, 5) is 26.0. The molecule has 1 aliphatic heterocycles. The SMILES string of the molecule is NC1=NC(=O)C(=Cc2ccc(O)c(C(=O)O)c2)S1. The molecule has 0 aliphatic carbocycles. The van der Waals surface area contributed by atoms with Crippen molar-refractivity contribution in [1.29, 1.82) is 0 Å². The molecule has 1 aliphatic rings. The van der Waals surface area contributed by atoms with Crippen LogP contribution in [0.1, 0.15) is 15.9 Å². The molecule has 0 fully saturated rings. The number of amidine groups is 1. The van der Waals surface area contributed by atoms with Crippen LogP contribution < -0.4 is 5.73 Å². The van der Waals surface area contributed by atoms with Crippen molar-refractivity contribution in [2.24, 2.45) is 10.7 Å². The molecule has 0 saturated carbocycles. The normalized spacial score (nSPS) is 17.0. The van der Waals surface area contributed by atoms with E-state index in [9.17, 15) is 14.7 Å². The number of benzene rings is 1. The van der Waals surface area contributed by atoms with Crippen LogP contribution in [-0.4, -0.2) is 27.3 Å². The molecule has 1 heterocycles. The van der Waals surface area contributed by atoms with E-state index in [1.807, 2.05) is 0 Å².